The maximum Gasteiger partial charge on any atom is 0.322 e. The summed E-state index contributed by atoms with van der Waals surface area (Å²) in [6.45, 7) is 4.20. The number of nitrogens with zero attached hydrogens (tertiary/aromatic N) is 2. The van der Waals surface area contributed by atoms with E-state index in [1.165, 1.54) is 0 Å². The quantitative estimate of drug-likeness (QED) is 0.623. The lowest BCUT2D eigenvalue weighted by Crippen LogP contribution is -2.39. The molecular formula is C26H27N3O3. The first kappa shape index (κ1) is 21.4. The van der Waals surface area contributed by atoms with Gasteiger partial charge >= 0.3 is 6.03 Å². The van der Waals surface area contributed by atoms with E-state index < -0.39 is 0 Å². The molecule has 0 radical (unpaired) electrons. The van der Waals surface area contributed by atoms with Gasteiger partial charge in [0.25, 0.3) is 5.91 Å². The summed E-state index contributed by atoms with van der Waals surface area (Å²) in [5.41, 5.74) is 2.39. The topological polar surface area (TPSA) is 61.9 Å². The second kappa shape index (κ2) is 10.0. The van der Waals surface area contributed by atoms with Crippen LogP contribution in [0.4, 0.5) is 10.5 Å². The van der Waals surface area contributed by atoms with Gasteiger partial charge in [0.1, 0.15) is 5.75 Å². The largest absolute Gasteiger partial charge is 0.455 e. The van der Waals surface area contributed by atoms with E-state index in [-0.39, 0.29) is 11.9 Å². The fourth-order valence-electron chi connectivity index (χ4n) is 3.75. The maximum atomic E-state index is 13.0. The first-order valence-electron chi connectivity index (χ1n) is 10.8. The van der Waals surface area contributed by atoms with Gasteiger partial charge in [0.2, 0.25) is 0 Å². The highest BCUT2D eigenvalue weighted by atomic mass is 16.5. The highest BCUT2D eigenvalue weighted by Gasteiger charge is 2.23. The van der Waals surface area contributed by atoms with Crippen molar-refractivity contribution in [3.63, 3.8) is 0 Å². The third-order valence-corrected chi connectivity index (χ3v) is 5.44. The second-order valence-corrected chi connectivity index (χ2v) is 7.84. The third kappa shape index (κ3) is 5.27. The van der Waals surface area contributed by atoms with Crippen molar-refractivity contribution in [3.8, 4) is 11.5 Å². The first-order chi connectivity index (χ1) is 15.6. The molecule has 6 nitrogen and oxygen atoms in total. The van der Waals surface area contributed by atoms with Crippen LogP contribution >= 0.6 is 0 Å². The SMILES string of the molecule is Cc1cccc(Oc2ccccc2NC(=O)N2CCCN(C(=O)c3ccccc3)CC2)c1. The molecule has 3 aromatic rings. The molecule has 0 aliphatic carbocycles. The zero-order chi connectivity index (χ0) is 22.3. The number of hydrogen-bond acceptors (Lipinski definition) is 3. The standard InChI is InChI=1S/C26H27N3O3/c1-20-9-7-12-22(19-20)32-24-14-6-5-13-23(24)27-26(31)29-16-8-15-28(17-18-29)25(30)21-10-3-2-4-11-21/h2-7,9-14,19H,8,15-18H2,1H3,(H,27,31). The van der Waals surface area contributed by atoms with Crippen LogP contribution in [0.15, 0.2) is 78.9 Å². The fraction of sp³-hybridized carbons (Fsp3) is 0.231. The highest BCUT2D eigenvalue weighted by molar-refractivity contribution is 5.94. The van der Waals surface area contributed by atoms with E-state index in [4.69, 9.17) is 4.74 Å². The Balaban J connectivity index is 1.40. The molecule has 6 heteroatoms. The summed E-state index contributed by atoms with van der Waals surface area (Å²) in [4.78, 5) is 29.3. The van der Waals surface area contributed by atoms with Crippen molar-refractivity contribution in [1.82, 2.24) is 9.80 Å². The molecule has 3 amide bonds. The van der Waals surface area contributed by atoms with E-state index in [1.54, 1.807) is 4.90 Å². The number of urea groups is 1. The van der Waals surface area contributed by atoms with E-state index in [9.17, 15) is 9.59 Å². The van der Waals surface area contributed by atoms with Crippen LogP contribution < -0.4 is 10.1 Å². The molecule has 1 fully saturated rings. The Labute approximate surface area is 188 Å². The molecule has 0 spiro atoms. The number of carbonyl (C=O) groups excluding carboxylic acids is 2. The van der Waals surface area contributed by atoms with E-state index in [2.05, 4.69) is 5.32 Å². The van der Waals surface area contributed by atoms with Crippen LogP contribution in [0.1, 0.15) is 22.3 Å². The van der Waals surface area contributed by atoms with Crippen molar-refractivity contribution >= 4 is 17.6 Å². The predicted octanol–water partition coefficient (Wildman–Crippen LogP) is 5.17. The van der Waals surface area contributed by atoms with Crippen LogP contribution in [0.25, 0.3) is 0 Å². The van der Waals surface area contributed by atoms with Crippen molar-refractivity contribution in [2.75, 3.05) is 31.5 Å². The van der Waals surface area contributed by atoms with Gasteiger partial charge < -0.3 is 19.9 Å². The number of rotatable bonds is 4. The summed E-state index contributed by atoms with van der Waals surface area (Å²) in [5, 5.41) is 2.98. The minimum absolute atomic E-state index is 0.00441. The number of benzene rings is 3. The lowest BCUT2D eigenvalue weighted by Gasteiger charge is -2.23. The molecule has 164 valence electrons. The Kier molecular flexibility index (Phi) is 6.70. The summed E-state index contributed by atoms with van der Waals surface area (Å²) >= 11 is 0. The predicted molar refractivity (Wildman–Crippen MR) is 125 cm³/mol. The van der Waals surface area contributed by atoms with E-state index in [1.807, 2.05) is 90.7 Å². The molecule has 1 aliphatic heterocycles. The van der Waals surface area contributed by atoms with Gasteiger partial charge in [-0.2, -0.15) is 0 Å². The molecule has 1 saturated heterocycles. The molecular weight excluding hydrogens is 402 g/mol. The zero-order valence-electron chi connectivity index (χ0n) is 18.2. The van der Waals surface area contributed by atoms with Crippen molar-refractivity contribution in [2.45, 2.75) is 13.3 Å². The Bertz CT molecular complexity index is 1080. The monoisotopic (exact) mass is 429 g/mol. The molecule has 0 atom stereocenters. The van der Waals surface area contributed by atoms with Gasteiger partial charge in [0.15, 0.2) is 5.75 Å². The van der Waals surface area contributed by atoms with Gasteiger partial charge in [-0.3, -0.25) is 4.79 Å². The van der Waals surface area contributed by atoms with Crippen LogP contribution in [0.5, 0.6) is 11.5 Å². The lowest BCUT2D eigenvalue weighted by molar-refractivity contribution is 0.0762. The van der Waals surface area contributed by atoms with Crippen LogP contribution in [-0.2, 0) is 0 Å². The average molecular weight is 430 g/mol. The summed E-state index contributed by atoms with van der Waals surface area (Å²) in [5.74, 6) is 1.31. The van der Waals surface area contributed by atoms with Gasteiger partial charge in [-0.15, -0.1) is 0 Å². The number of nitrogens with one attached hydrogen (secondary N) is 1. The van der Waals surface area contributed by atoms with Crippen LogP contribution in [-0.4, -0.2) is 47.9 Å². The average Bonchev–Trinajstić information content (AvgIpc) is 3.07. The summed E-state index contributed by atoms with van der Waals surface area (Å²) in [6.07, 6.45) is 0.730. The third-order valence-electron chi connectivity index (χ3n) is 5.44. The van der Waals surface area contributed by atoms with Gasteiger partial charge in [-0.25, -0.2) is 4.79 Å². The molecule has 1 heterocycles. The first-order valence-corrected chi connectivity index (χ1v) is 10.8. The zero-order valence-corrected chi connectivity index (χ0v) is 18.2. The van der Waals surface area contributed by atoms with Crippen molar-refractivity contribution in [1.29, 1.82) is 0 Å². The van der Waals surface area contributed by atoms with Crippen LogP contribution in [0.2, 0.25) is 0 Å². The number of para-hydroxylation sites is 2. The Hall–Kier alpha value is -3.80. The number of ether oxygens (including phenoxy) is 1. The van der Waals surface area contributed by atoms with Crippen LogP contribution in [0, 0.1) is 6.92 Å². The Morgan fingerprint density at radius 3 is 2.34 bits per heavy atom. The number of hydrogen-bond donors (Lipinski definition) is 1. The number of anilines is 1. The highest BCUT2D eigenvalue weighted by Crippen LogP contribution is 2.30. The summed E-state index contributed by atoms with van der Waals surface area (Å²) in [7, 11) is 0. The van der Waals surface area contributed by atoms with Gasteiger partial charge in [-0.1, -0.05) is 42.5 Å². The fourth-order valence-corrected chi connectivity index (χ4v) is 3.75. The van der Waals surface area contributed by atoms with Gasteiger partial charge in [-0.05, 0) is 55.3 Å². The molecule has 0 saturated carbocycles. The minimum Gasteiger partial charge on any atom is -0.455 e. The van der Waals surface area contributed by atoms with Gasteiger partial charge in [0, 0.05) is 31.7 Å². The lowest BCUT2D eigenvalue weighted by atomic mass is 10.2. The molecule has 4 rings (SSSR count). The second-order valence-electron chi connectivity index (χ2n) is 7.84. The normalized spacial score (nSPS) is 13.9. The van der Waals surface area contributed by atoms with Crippen LogP contribution in [0.3, 0.4) is 0 Å². The molecule has 0 aromatic heterocycles. The van der Waals surface area contributed by atoms with Crippen molar-refractivity contribution < 1.29 is 14.3 Å². The van der Waals surface area contributed by atoms with E-state index >= 15 is 0 Å². The Morgan fingerprint density at radius 2 is 1.53 bits per heavy atom. The maximum absolute atomic E-state index is 13.0. The number of carbonyl (C=O) groups is 2. The van der Waals surface area contributed by atoms with E-state index in [0.717, 1.165) is 17.7 Å². The molecule has 32 heavy (non-hydrogen) atoms. The van der Waals surface area contributed by atoms with E-state index in [0.29, 0.717) is 43.2 Å². The molecule has 1 N–H and O–H groups in total. The molecule has 3 aromatic carbocycles. The smallest absolute Gasteiger partial charge is 0.322 e. The number of aryl methyl sites for hydroxylation is 1. The molecule has 1 aliphatic rings. The molecule has 0 unspecified atom stereocenters. The Morgan fingerprint density at radius 1 is 0.812 bits per heavy atom. The van der Waals surface area contributed by atoms with Crippen molar-refractivity contribution in [2.24, 2.45) is 0 Å². The van der Waals surface area contributed by atoms with Crippen molar-refractivity contribution in [3.05, 3.63) is 90.0 Å². The number of amides is 3. The van der Waals surface area contributed by atoms with Gasteiger partial charge in [0.05, 0.1) is 5.69 Å². The molecule has 0 bridgehead atoms. The summed E-state index contributed by atoms with van der Waals surface area (Å²) < 4.78 is 6.01. The summed E-state index contributed by atoms with van der Waals surface area (Å²) in [6, 6.07) is 24.2. The minimum atomic E-state index is -0.195.